The number of sulfonamides is 1. The van der Waals surface area contributed by atoms with Gasteiger partial charge in [-0.25, -0.2) is 8.42 Å². The molecule has 0 spiro atoms. The third-order valence-electron chi connectivity index (χ3n) is 3.70. The molecule has 0 radical (unpaired) electrons. The van der Waals surface area contributed by atoms with Gasteiger partial charge in [0.05, 0.1) is 5.02 Å². The lowest BCUT2D eigenvalue weighted by Crippen LogP contribution is -2.29. The van der Waals surface area contributed by atoms with Gasteiger partial charge >= 0.3 is 0 Å². The Bertz CT molecular complexity index is 572. The van der Waals surface area contributed by atoms with Crippen molar-refractivity contribution in [2.75, 3.05) is 18.8 Å². The zero-order chi connectivity index (χ0) is 14.2. The minimum atomic E-state index is -3.54. The number of benzene rings is 1. The van der Waals surface area contributed by atoms with Crippen LogP contribution in [0.25, 0.3) is 0 Å². The molecule has 1 aromatic rings. The fourth-order valence-corrected chi connectivity index (χ4v) is 4.39. The largest absolute Gasteiger partial charge is 0.399 e. The Morgan fingerprint density at radius 3 is 2.68 bits per heavy atom. The normalized spacial score (nSPS) is 21.2. The number of rotatable bonds is 3. The zero-order valence-electron chi connectivity index (χ0n) is 11.1. The van der Waals surface area contributed by atoms with E-state index < -0.39 is 10.0 Å². The summed E-state index contributed by atoms with van der Waals surface area (Å²) in [5.41, 5.74) is 6.06. The lowest BCUT2D eigenvalue weighted by atomic mass is 9.96. The number of nitrogen functional groups attached to an aromatic ring is 1. The van der Waals surface area contributed by atoms with Crippen LogP contribution in [-0.4, -0.2) is 25.8 Å². The first-order valence-electron chi connectivity index (χ1n) is 6.37. The van der Waals surface area contributed by atoms with Gasteiger partial charge in [-0.2, -0.15) is 4.31 Å². The van der Waals surface area contributed by atoms with E-state index in [0.717, 1.165) is 6.42 Å². The maximum absolute atomic E-state index is 12.6. The van der Waals surface area contributed by atoms with Crippen LogP contribution in [-0.2, 0) is 10.0 Å². The fourth-order valence-electron chi connectivity index (χ4n) is 2.37. The number of nitrogens with zero attached hydrogens (tertiary/aromatic N) is 1. The second-order valence-corrected chi connectivity index (χ2v) is 7.66. The Kier molecular flexibility index (Phi) is 4.08. The molecule has 2 rings (SSSR count). The molecule has 2 N–H and O–H groups in total. The molecule has 19 heavy (non-hydrogen) atoms. The van der Waals surface area contributed by atoms with Crippen molar-refractivity contribution >= 4 is 27.3 Å². The standard InChI is InChI=1S/C13H19ClN2O2S/c1-9(2)10-5-6-16(8-10)19(17,18)13-7-11(15)3-4-12(13)14/h3-4,7,9-10H,5-6,8,15H2,1-2H3. The predicted molar refractivity (Wildman–Crippen MR) is 77.6 cm³/mol. The molecule has 1 aliphatic rings. The second kappa shape index (κ2) is 5.31. The highest BCUT2D eigenvalue weighted by atomic mass is 35.5. The van der Waals surface area contributed by atoms with E-state index in [4.69, 9.17) is 17.3 Å². The predicted octanol–water partition coefficient (Wildman–Crippen LogP) is 2.59. The van der Waals surface area contributed by atoms with Gasteiger partial charge in [-0.3, -0.25) is 0 Å². The Morgan fingerprint density at radius 2 is 2.11 bits per heavy atom. The molecule has 1 heterocycles. The van der Waals surface area contributed by atoms with Crippen molar-refractivity contribution in [1.82, 2.24) is 4.31 Å². The molecule has 6 heteroatoms. The van der Waals surface area contributed by atoms with Gasteiger partial charge in [-0.1, -0.05) is 25.4 Å². The van der Waals surface area contributed by atoms with Crippen molar-refractivity contribution in [3.8, 4) is 0 Å². The molecule has 1 aliphatic heterocycles. The highest BCUT2D eigenvalue weighted by Crippen LogP contribution is 2.32. The number of hydrogen-bond donors (Lipinski definition) is 1. The van der Waals surface area contributed by atoms with Crippen molar-refractivity contribution < 1.29 is 8.42 Å². The van der Waals surface area contributed by atoms with Gasteiger partial charge in [0.2, 0.25) is 10.0 Å². The van der Waals surface area contributed by atoms with E-state index in [0.29, 0.717) is 30.6 Å². The summed E-state index contributed by atoms with van der Waals surface area (Å²) in [5.74, 6) is 0.895. The van der Waals surface area contributed by atoms with Gasteiger partial charge in [-0.15, -0.1) is 0 Å². The monoisotopic (exact) mass is 302 g/mol. The van der Waals surface area contributed by atoms with Crippen LogP contribution in [0.3, 0.4) is 0 Å². The lowest BCUT2D eigenvalue weighted by molar-refractivity contribution is 0.388. The highest BCUT2D eigenvalue weighted by molar-refractivity contribution is 7.89. The van der Waals surface area contributed by atoms with Crippen LogP contribution in [0, 0.1) is 11.8 Å². The Labute approximate surface area is 119 Å². The molecule has 1 unspecified atom stereocenters. The quantitative estimate of drug-likeness (QED) is 0.873. The van der Waals surface area contributed by atoms with Gasteiger partial charge in [0, 0.05) is 18.8 Å². The summed E-state index contributed by atoms with van der Waals surface area (Å²) in [4.78, 5) is 0.110. The first kappa shape index (κ1) is 14.6. The first-order chi connectivity index (χ1) is 8.82. The van der Waals surface area contributed by atoms with Gasteiger partial charge in [0.25, 0.3) is 0 Å². The van der Waals surface area contributed by atoms with Crippen LogP contribution in [0.15, 0.2) is 23.1 Å². The molecule has 106 valence electrons. The SMILES string of the molecule is CC(C)C1CCN(S(=O)(=O)c2cc(N)ccc2Cl)C1. The number of hydrogen-bond acceptors (Lipinski definition) is 3. The van der Waals surface area contributed by atoms with E-state index in [-0.39, 0.29) is 9.92 Å². The highest BCUT2D eigenvalue weighted by Gasteiger charge is 2.34. The average Bonchev–Trinajstić information content (AvgIpc) is 2.82. The fraction of sp³-hybridized carbons (Fsp3) is 0.538. The summed E-state index contributed by atoms with van der Waals surface area (Å²) < 4.78 is 26.6. The molecule has 0 amide bonds. The van der Waals surface area contributed by atoms with Crippen molar-refractivity contribution in [2.45, 2.75) is 25.2 Å². The van der Waals surface area contributed by atoms with Crippen LogP contribution < -0.4 is 5.73 Å². The third-order valence-corrected chi connectivity index (χ3v) is 6.05. The maximum Gasteiger partial charge on any atom is 0.244 e. The van der Waals surface area contributed by atoms with Gasteiger partial charge in [0.1, 0.15) is 4.90 Å². The molecule has 0 saturated carbocycles. The summed E-state index contributed by atoms with van der Waals surface area (Å²) in [5, 5.41) is 0.224. The van der Waals surface area contributed by atoms with Crippen molar-refractivity contribution in [3.63, 3.8) is 0 Å². The first-order valence-corrected chi connectivity index (χ1v) is 8.19. The topological polar surface area (TPSA) is 63.4 Å². The summed E-state index contributed by atoms with van der Waals surface area (Å²) in [6.45, 7) is 5.35. The van der Waals surface area contributed by atoms with Crippen molar-refractivity contribution in [2.24, 2.45) is 11.8 Å². The van der Waals surface area contributed by atoms with E-state index in [1.165, 1.54) is 16.4 Å². The summed E-state index contributed by atoms with van der Waals surface area (Å²) in [6, 6.07) is 4.56. The van der Waals surface area contributed by atoms with E-state index in [1.807, 2.05) is 0 Å². The molecule has 1 saturated heterocycles. The van der Waals surface area contributed by atoms with Crippen LogP contribution in [0.2, 0.25) is 5.02 Å². The second-order valence-electron chi connectivity index (χ2n) is 5.35. The molecule has 0 aliphatic carbocycles. The van der Waals surface area contributed by atoms with Crippen molar-refractivity contribution in [3.05, 3.63) is 23.2 Å². The van der Waals surface area contributed by atoms with Crippen LogP contribution >= 0.6 is 11.6 Å². The molecule has 4 nitrogen and oxygen atoms in total. The van der Waals surface area contributed by atoms with E-state index in [1.54, 1.807) is 6.07 Å². The zero-order valence-corrected chi connectivity index (χ0v) is 12.7. The molecule has 0 aromatic heterocycles. The smallest absolute Gasteiger partial charge is 0.244 e. The van der Waals surface area contributed by atoms with Crippen LogP contribution in [0.5, 0.6) is 0 Å². The van der Waals surface area contributed by atoms with Gasteiger partial charge in [0.15, 0.2) is 0 Å². The third kappa shape index (κ3) is 2.88. The summed E-state index contributed by atoms with van der Waals surface area (Å²) >= 11 is 6.00. The summed E-state index contributed by atoms with van der Waals surface area (Å²) in [7, 11) is -3.54. The van der Waals surface area contributed by atoms with Crippen LogP contribution in [0.1, 0.15) is 20.3 Å². The number of halogens is 1. The lowest BCUT2D eigenvalue weighted by Gasteiger charge is -2.19. The average molecular weight is 303 g/mol. The van der Waals surface area contributed by atoms with Crippen LogP contribution in [0.4, 0.5) is 5.69 Å². The minimum absolute atomic E-state index is 0.110. The number of anilines is 1. The minimum Gasteiger partial charge on any atom is -0.399 e. The van der Waals surface area contributed by atoms with Gasteiger partial charge in [-0.05, 0) is 36.5 Å². The van der Waals surface area contributed by atoms with Crippen molar-refractivity contribution in [1.29, 1.82) is 0 Å². The summed E-state index contributed by atoms with van der Waals surface area (Å²) in [6.07, 6.45) is 0.900. The Morgan fingerprint density at radius 1 is 1.42 bits per heavy atom. The molecular formula is C13H19ClN2O2S. The Balaban J connectivity index is 2.31. The molecule has 1 atom stereocenters. The molecule has 0 bridgehead atoms. The van der Waals surface area contributed by atoms with E-state index in [9.17, 15) is 8.42 Å². The maximum atomic E-state index is 12.6. The van der Waals surface area contributed by atoms with E-state index in [2.05, 4.69) is 13.8 Å². The number of nitrogens with two attached hydrogens (primary N) is 1. The van der Waals surface area contributed by atoms with Gasteiger partial charge < -0.3 is 5.73 Å². The molecular weight excluding hydrogens is 284 g/mol. The van der Waals surface area contributed by atoms with E-state index >= 15 is 0 Å². The Hall–Kier alpha value is -0.780. The molecule has 1 fully saturated rings. The molecule has 1 aromatic carbocycles.